The molecule has 150 valence electrons. The summed E-state index contributed by atoms with van der Waals surface area (Å²) in [5, 5.41) is 2.95. The summed E-state index contributed by atoms with van der Waals surface area (Å²) < 4.78 is 27.9. The summed E-state index contributed by atoms with van der Waals surface area (Å²) in [6.07, 6.45) is 2.22. The zero-order valence-corrected chi connectivity index (χ0v) is 17.1. The van der Waals surface area contributed by atoms with Crippen LogP contribution in [0.25, 0.3) is 0 Å². The molecule has 1 fully saturated rings. The number of benzene rings is 2. The Labute approximate surface area is 167 Å². The van der Waals surface area contributed by atoms with Crippen LogP contribution in [-0.4, -0.2) is 44.9 Å². The zero-order valence-electron chi connectivity index (χ0n) is 16.3. The lowest BCUT2D eigenvalue weighted by Crippen LogP contribution is -2.40. The second kappa shape index (κ2) is 8.75. The number of amides is 1. The van der Waals surface area contributed by atoms with Gasteiger partial charge in [0, 0.05) is 23.8 Å². The molecule has 2 aromatic rings. The molecule has 2 aromatic carbocycles. The number of sulfonamides is 1. The molecule has 0 spiro atoms. The number of carbonyl (C=O) groups excluding carboxylic acids is 1. The van der Waals surface area contributed by atoms with Crippen molar-refractivity contribution in [1.82, 2.24) is 10.2 Å². The Morgan fingerprint density at radius 2 is 1.96 bits per heavy atom. The van der Waals surface area contributed by atoms with Crippen molar-refractivity contribution in [2.24, 2.45) is 0 Å². The summed E-state index contributed by atoms with van der Waals surface area (Å²) in [5.41, 5.74) is 1.80. The van der Waals surface area contributed by atoms with Crippen molar-refractivity contribution in [1.29, 1.82) is 0 Å². The van der Waals surface area contributed by atoms with E-state index in [-0.39, 0.29) is 10.8 Å². The number of aryl methyl sites for hydroxylation is 1. The van der Waals surface area contributed by atoms with Crippen LogP contribution in [0.4, 0.5) is 5.69 Å². The molecule has 0 bridgehead atoms. The number of nitrogens with zero attached hydrogens (tertiary/aromatic N) is 1. The summed E-state index contributed by atoms with van der Waals surface area (Å²) in [5.74, 6) is -0.254. The molecule has 0 aromatic heterocycles. The van der Waals surface area contributed by atoms with Gasteiger partial charge in [0.2, 0.25) is 0 Å². The van der Waals surface area contributed by atoms with E-state index >= 15 is 0 Å². The molecule has 2 N–H and O–H groups in total. The van der Waals surface area contributed by atoms with Crippen LogP contribution in [0.5, 0.6) is 0 Å². The molecular weight excluding hydrogens is 374 g/mol. The van der Waals surface area contributed by atoms with Gasteiger partial charge in [0.25, 0.3) is 15.9 Å². The Morgan fingerprint density at radius 1 is 1.18 bits per heavy atom. The number of anilines is 1. The number of likely N-dealkylation sites (N-methyl/N-ethyl adjacent to an activating group) is 1. The highest BCUT2D eigenvalue weighted by Crippen LogP contribution is 2.19. The monoisotopic (exact) mass is 401 g/mol. The topological polar surface area (TPSA) is 78.5 Å². The Hall–Kier alpha value is -2.38. The summed E-state index contributed by atoms with van der Waals surface area (Å²) in [4.78, 5) is 15.0. The Balaban J connectivity index is 1.69. The summed E-state index contributed by atoms with van der Waals surface area (Å²) in [6.45, 7) is 6.63. The number of hydrogen-bond donors (Lipinski definition) is 2. The van der Waals surface area contributed by atoms with Gasteiger partial charge in [-0.15, -0.1) is 0 Å². The largest absolute Gasteiger partial charge is 0.350 e. The molecule has 3 rings (SSSR count). The lowest BCUT2D eigenvalue weighted by Gasteiger charge is -2.22. The van der Waals surface area contributed by atoms with Gasteiger partial charge in [0.05, 0.1) is 4.90 Å². The van der Waals surface area contributed by atoms with Crippen molar-refractivity contribution >= 4 is 21.6 Å². The lowest BCUT2D eigenvalue weighted by atomic mass is 10.2. The third-order valence-electron chi connectivity index (χ3n) is 5.08. The predicted molar refractivity (Wildman–Crippen MR) is 111 cm³/mol. The van der Waals surface area contributed by atoms with E-state index in [1.54, 1.807) is 30.3 Å². The fourth-order valence-corrected chi connectivity index (χ4v) is 4.68. The molecule has 0 radical (unpaired) electrons. The van der Waals surface area contributed by atoms with Crippen molar-refractivity contribution in [3.63, 3.8) is 0 Å². The maximum Gasteiger partial charge on any atom is 0.261 e. The van der Waals surface area contributed by atoms with Gasteiger partial charge in [-0.2, -0.15) is 0 Å². The van der Waals surface area contributed by atoms with E-state index in [1.807, 2.05) is 13.0 Å². The van der Waals surface area contributed by atoms with Crippen LogP contribution in [0.2, 0.25) is 0 Å². The van der Waals surface area contributed by atoms with Crippen molar-refractivity contribution < 1.29 is 13.2 Å². The zero-order chi connectivity index (χ0) is 20.1. The van der Waals surface area contributed by atoms with Crippen LogP contribution in [0, 0.1) is 6.92 Å². The third kappa shape index (κ3) is 4.91. The number of likely N-dealkylation sites (tertiary alicyclic amines) is 1. The van der Waals surface area contributed by atoms with E-state index in [0.29, 0.717) is 23.8 Å². The standard InChI is InChI=1S/C21H27N3O3S/c1-3-24-12-6-10-19(24)15-22-21(25)17-8-5-11-20(14-17)28(26,27)23-18-9-4-7-16(2)13-18/h4-5,7-9,11,13-14,19,23H,3,6,10,12,15H2,1-2H3,(H,22,25)/t19-/m1/s1. The van der Waals surface area contributed by atoms with Crippen LogP contribution in [0.15, 0.2) is 53.4 Å². The second-order valence-electron chi connectivity index (χ2n) is 7.14. The lowest BCUT2D eigenvalue weighted by molar-refractivity contribution is 0.0941. The van der Waals surface area contributed by atoms with Crippen LogP contribution >= 0.6 is 0 Å². The first kappa shape index (κ1) is 20.4. The van der Waals surface area contributed by atoms with Crippen LogP contribution in [0.1, 0.15) is 35.7 Å². The first-order chi connectivity index (χ1) is 13.4. The highest BCUT2D eigenvalue weighted by atomic mass is 32.2. The van der Waals surface area contributed by atoms with Crippen LogP contribution in [0.3, 0.4) is 0 Å². The van der Waals surface area contributed by atoms with Crippen molar-refractivity contribution in [3.8, 4) is 0 Å². The average molecular weight is 402 g/mol. The van der Waals surface area contributed by atoms with Gasteiger partial charge in [-0.25, -0.2) is 8.42 Å². The maximum absolute atomic E-state index is 12.7. The van der Waals surface area contributed by atoms with Crippen molar-refractivity contribution in [2.45, 2.75) is 37.6 Å². The van der Waals surface area contributed by atoms with E-state index < -0.39 is 10.0 Å². The quantitative estimate of drug-likeness (QED) is 0.748. The summed E-state index contributed by atoms with van der Waals surface area (Å²) >= 11 is 0. The van der Waals surface area contributed by atoms with Crippen LogP contribution < -0.4 is 10.0 Å². The van der Waals surface area contributed by atoms with Crippen LogP contribution in [-0.2, 0) is 10.0 Å². The minimum absolute atomic E-state index is 0.0673. The van der Waals surface area contributed by atoms with Gasteiger partial charge in [0.1, 0.15) is 0 Å². The predicted octanol–water partition coefficient (Wildman–Crippen LogP) is 3.01. The van der Waals surface area contributed by atoms with Gasteiger partial charge in [-0.3, -0.25) is 14.4 Å². The number of nitrogens with one attached hydrogen (secondary N) is 2. The van der Waals surface area contributed by atoms with Gasteiger partial charge < -0.3 is 5.32 Å². The van der Waals surface area contributed by atoms with Crippen molar-refractivity contribution in [2.75, 3.05) is 24.4 Å². The first-order valence-electron chi connectivity index (χ1n) is 9.61. The molecule has 0 saturated carbocycles. The Kier molecular flexibility index (Phi) is 6.36. The fourth-order valence-electron chi connectivity index (χ4n) is 3.58. The Morgan fingerprint density at radius 3 is 2.71 bits per heavy atom. The van der Waals surface area contributed by atoms with E-state index in [1.165, 1.54) is 12.1 Å². The molecule has 1 aliphatic heterocycles. The van der Waals surface area contributed by atoms with E-state index in [2.05, 4.69) is 21.9 Å². The molecule has 28 heavy (non-hydrogen) atoms. The molecule has 1 amide bonds. The highest BCUT2D eigenvalue weighted by molar-refractivity contribution is 7.92. The molecule has 1 heterocycles. The SMILES string of the molecule is CCN1CCC[C@@H]1CNC(=O)c1cccc(S(=O)(=O)Nc2cccc(C)c2)c1. The van der Waals surface area contributed by atoms with E-state index in [0.717, 1.165) is 31.5 Å². The van der Waals surface area contributed by atoms with Crippen molar-refractivity contribution in [3.05, 3.63) is 59.7 Å². The Bertz CT molecular complexity index is 943. The number of hydrogen-bond acceptors (Lipinski definition) is 4. The molecule has 1 atom stereocenters. The fraction of sp³-hybridized carbons (Fsp3) is 0.381. The third-order valence-corrected chi connectivity index (χ3v) is 6.46. The minimum Gasteiger partial charge on any atom is -0.350 e. The molecule has 6 nitrogen and oxygen atoms in total. The average Bonchev–Trinajstić information content (AvgIpc) is 3.13. The molecule has 7 heteroatoms. The second-order valence-corrected chi connectivity index (χ2v) is 8.82. The normalized spacial score (nSPS) is 17.4. The van der Waals surface area contributed by atoms with E-state index in [9.17, 15) is 13.2 Å². The molecule has 0 aliphatic carbocycles. The number of rotatable bonds is 7. The first-order valence-corrected chi connectivity index (χ1v) is 11.1. The molecule has 1 aliphatic rings. The maximum atomic E-state index is 12.7. The molecule has 1 saturated heterocycles. The summed E-state index contributed by atoms with van der Waals surface area (Å²) in [6, 6.07) is 13.6. The van der Waals surface area contributed by atoms with E-state index in [4.69, 9.17) is 0 Å². The highest BCUT2D eigenvalue weighted by Gasteiger charge is 2.23. The van der Waals surface area contributed by atoms with Gasteiger partial charge in [0.15, 0.2) is 0 Å². The molecule has 0 unspecified atom stereocenters. The van der Waals surface area contributed by atoms with Gasteiger partial charge in [-0.1, -0.05) is 25.1 Å². The summed E-state index contributed by atoms with van der Waals surface area (Å²) in [7, 11) is -3.77. The van der Waals surface area contributed by atoms with Gasteiger partial charge in [-0.05, 0) is 68.8 Å². The molecular formula is C21H27N3O3S. The smallest absolute Gasteiger partial charge is 0.261 e. The van der Waals surface area contributed by atoms with Gasteiger partial charge >= 0.3 is 0 Å². The minimum atomic E-state index is -3.77. The number of carbonyl (C=O) groups is 1.